The van der Waals surface area contributed by atoms with Gasteiger partial charge in [0.1, 0.15) is 0 Å². The van der Waals surface area contributed by atoms with Crippen molar-refractivity contribution in [2.24, 2.45) is 5.73 Å². The van der Waals surface area contributed by atoms with Gasteiger partial charge < -0.3 is 10.6 Å². The van der Waals surface area contributed by atoms with E-state index in [-0.39, 0.29) is 5.91 Å². The Morgan fingerprint density at radius 2 is 2.21 bits per heavy atom. The molecule has 1 unspecified atom stereocenters. The predicted molar refractivity (Wildman–Crippen MR) is 79.4 cm³/mol. The molecule has 0 aromatic heterocycles. The Labute approximate surface area is 115 Å². The number of nitrogens with two attached hydrogens (primary N) is 1. The van der Waals surface area contributed by atoms with E-state index >= 15 is 0 Å². The van der Waals surface area contributed by atoms with Gasteiger partial charge in [-0.3, -0.25) is 4.79 Å². The molecule has 0 fully saturated rings. The van der Waals surface area contributed by atoms with Crippen molar-refractivity contribution in [2.45, 2.75) is 52.0 Å². The molecule has 1 aliphatic rings. The fourth-order valence-corrected chi connectivity index (χ4v) is 2.86. The third-order valence-corrected chi connectivity index (χ3v) is 3.85. The molecule has 3 heteroatoms. The molecule has 104 valence electrons. The van der Waals surface area contributed by atoms with E-state index in [9.17, 15) is 4.79 Å². The summed E-state index contributed by atoms with van der Waals surface area (Å²) in [5.74, 6) is 0.224. The maximum absolute atomic E-state index is 12.0. The summed E-state index contributed by atoms with van der Waals surface area (Å²) in [7, 11) is 0. The summed E-state index contributed by atoms with van der Waals surface area (Å²) in [6.07, 6.45) is 4.85. The van der Waals surface area contributed by atoms with Gasteiger partial charge in [-0.2, -0.15) is 0 Å². The van der Waals surface area contributed by atoms with Crippen molar-refractivity contribution in [3.8, 4) is 0 Å². The Balaban J connectivity index is 2.15. The minimum absolute atomic E-state index is 0.224. The van der Waals surface area contributed by atoms with E-state index in [0.717, 1.165) is 37.9 Å². The van der Waals surface area contributed by atoms with Gasteiger partial charge in [0.25, 0.3) is 0 Å². The minimum Gasteiger partial charge on any atom is -0.330 e. The van der Waals surface area contributed by atoms with Gasteiger partial charge in [0.15, 0.2) is 0 Å². The lowest BCUT2D eigenvalue weighted by Crippen LogP contribution is -2.35. The van der Waals surface area contributed by atoms with Gasteiger partial charge in [-0.1, -0.05) is 19.1 Å². The maximum Gasteiger partial charge on any atom is 0.226 e. The monoisotopic (exact) mass is 260 g/mol. The van der Waals surface area contributed by atoms with Crippen LogP contribution in [0.4, 0.5) is 5.69 Å². The number of unbranched alkanes of at least 4 members (excludes halogenated alkanes) is 1. The first kappa shape index (κ1) is 14.1. The van der Waals surface area contributed by atoms with E-state index in [1.54, 1.807) is 0 Å². The molecule has 1 aromatic rings. The molecule has 0 saturated heterocycles. The number of hydrogen-bond donors (Lipinski definition) is 1. The van der Waals surface area contributed by atoms with Crippen LogP contribution in [-0.4, -0.2) is 18.5 Å². The maximum atomic E-state index is 12.0. The molecule has 1 aromatic carbocycles. The third-order valence-electron chi connectivity index (χ3n) is 3.85. The summed E-state index contributed by atoms with van der Waals surface area (Å²) < 4.78 is 0. The number of benzene rings is 1. The van der Waals surface area contributed by atoms with Crippen LogP contribution in [0.3, 0.4) is 0 Å². The Morgan fingerprint density at radius 3 is 2.89 bits per heavy atom. The molecule has 3 nitrogen and oxygen atoms in total. The van der Waals surface area contributed by atoms with Crippen LogP contribution in [-0.2, 0) is 17.6 Å². The summed E-state index contributed by atoms with van der Waals surface area (Å²) in [5, 5.41) is 0. The second kappa shape index (κ2) is 6.20. The van der Waals surface area contributed by atoms with Crippen molar-refractivity contribution >= 4 is 11.6 Å². The molecule has 1 aliphatic heterocycles. The van der Waals surface area contributed by atoms with Crippen molar-refractivity contribution in [3.05, 3.63) is 29.3 Å². The SMILES string of the molecule is CCC(=O)N1c2ccc(CCCCN)cc2CC1C. The number of amides is 1. The quantitative estimate of drug-likeness (QED) is 0.827. The lowest BCUT2D eigenvalue weighted by Gasteiger charge is -2.22. The average molecular weight is 260 g/mol. The summed E-state index contributed by atoms with van der Waals surface area (Å²) >= 11 is 0. The largest absolute Gasteiger partial charge is 0.330 e. The second-order valence-electron chi connectivity index (χ2n) is 5.38. The topological polar surface area (TPSA) is 46.3 Å². The van der Waals surface area contributed by atoms with E-state index in [1.807, 2.05) is 11.8 Å². The Hall–Kier alpha value is -1.35. The van der Waals surface area contributed by atoms with Crippen LogP contribution < -0.4 is 10.6 Å². The fourth-order valence-electron chi connectivity index (χ4n) is 2.86. The zero-order valence-electron chi connectivity index (χ0n) is 12.0. The molecule has 0 aliphatic carbocycles. The number of aryl methyl sites for hydroxylation is 1. The first-order chi connectivity index (χ1) is 9.17. The zero-order valence-corrected chi connectivity index (χ0v) is 12.0. The van der Waals surface area contributed by atoms with Gasteiger partial charge in [-0.15, -0.1) is 0 Å². The van der Waals surface area contributed by atoms with Crippen LogP contribution in [0.2, 0.25) is 0 Å². The highest BCUT2D eigenvalue weighted by atomic mass is 16.2. The number of nitrogens with zero attached hydrogens (tertiary/aromatic N) is 1. The van der Waals surface area contributed by atoms with E-state index in [2.05, 4.69) is 25.1 Å². The van der Waals surface area contributed by atoms with Crippen molar-refractivity contribution < 1.29 is 4.79 Å². The molecule has 0 radical (unpaired) electrons. The molecule has 1 heterocycles. The lowest BCUT2D eigenvalue weighted by molar-refractivity contribution is -0.118. The lowest BCUT2D eigenvalue weighted by atomic mass is 10.0. The highest BCUT2D eigenvalue weighted by Gasteiger charge is 2.29. The van der Waals surface area contributed by atoms with E-state index in [1.165, 1.54) is 11.1 Å². The van der Waals surface area contributed by atoms with Crippen LogP contribution in [0.25, 0.3) is 0 Å². The number of hydrogen-bond acceptors (Lipinski definition) is 2. The van der Waals surface area contributed by atoms with Gasteiger partial charge in [0.05, 0.1) is 0 Å². The van der Waals surface area contributed by atoms with E-state index in [4.69, 9.17) is 5.73 Å². The Bertz CT molecular complexity index is 456. The molecular formula is C16H24N2O. The van der Waals surface area contributed by atoms with Crippen LogP contribution >= 0.6 is 0 Å². The van der Waals surface area contributed by atoms with Crippen LogP contribution in [0, 0.1) is 0 Å². The first-order valence-corrected chi connectivity index (χ1v) is 7.31. The molecule has 1 atom stereocenters. The molecule has 19 heavy (non-hydrogen) atoms. The summed E-state index contributed by atoms with van der Waals surface area (Å²) in [4.78, 5) is 14.0. The number of carbonyl (C=O) groups excluding carboxylic acids is 1. The van der Waals surface area contributed by atoms with Gasteiger partial charge in [0, 0.05) is 18.2 Å². The van der Waals surface area contributed by atoms with Gasteiger partial charge >= 0.3 is 0 Å². The van der Waals surface area contributed by atoms with Gasteiger partial charge in [-0.25, -0.2) is 0 Å². The van der Waals surface area contributed by atoms with Gasteiger partial charge in [-0.05, 0) is 56.3 Å². The fraction of sp³-hybridized carbons (Fsp3) is 0.562. The van der Waals surface area contributed by atoms with Crippen LogP contribution in [0.1, 0.15) is 44.2 Å². The molecular weight excluding hydrogens is 236 g/mol. The number of rotatable bonds is 5. The Kier molecular flexibility index (Phi) is 4.59. The minimum atomic E-state index is 0.224. The van der Waals surface area contributed by atoms with E-state index < -0.39 is 0 Å². The number of carbonyl (C=O) groups is 1. The van der Waals surface area contributed by atoms with Crippen molar-refractivity contribution in [1.82, 2.24) is 0 Å². The van der Waals surface area contributed by atoms with Crippen molar-refractivity contribution in [1.29, 1.82) is 0 Å². The highest BCUT2D eigenvalue weighted by molar-refractivity contribution is 5.96. The summed E-state index contributed by atoms with van der Waals surface area (Å²) in [5.41, 5.74) is 9.32. The number of anilines is 1. The van der Waals surface area contributed by atoms with Gasteiger partial charge in [0.2, 0.25) is 5.91 Å². The van der Waals surface area contributed by atoms with Crippen LogP contribution in [0.15, 0.2) is 18.2 Å². The molecule has 2 rings (SSSR count). The van der Waals surface area contributed by atoms with E-state index in [0.29, 0.717) is 12.5 Å². The number of fused-ring (bicyclic) bond motifs is 1. The summed E-state index contributed by atoms with van der Waals surface area (Å²) in [6.45, 7) is 4.82. The zero-order chi connectivity index (χ0) is 13.8. The second-order valence-corrected chi connectivity index (χ2v) is 5.38. The first-order valence-electron chi connectivity index (χ1n) is 7.31. The smallest absolute Gasteiger partial charge is 0.226 e. The van der Waals surface area contributed by atoms with Crippen molar-refractivity contribution in [2.75, 3.05) is 11.4 Å². The molecule has 0 saturated carbocycles. The third kappa shape index (κ3) is 2.98. The average Bonchev–Trinajstić information content (AvgIpc) is 2.73. The molecule has 2 N–H and O–H groups in total. The normalized spacial score (nSPS) is 17.6. The van der Waals surface area contributed by atoms with Crippen LogP contribution in [0.5, 0.6) is 0 Å². The summed E-state index contributed by atoms with van der Waals surface area (Å²) in [6, 6.07) is 6.83. The standard InChI is InChI=1S/C16H24N2O/c1-3-16(19)18-12(2)10-14-11-13(6-4-5-9-17)7-8-15(14)18/h7-8,11-12H,3-6,9-10,17H2,1-2H3. The molecule has 0 spiro atoms. The molecule has 1 amide bonds. The molecule has 0 bridgehead atoms. The Morgan fingerprint density at radius 1 is 1.42 bits per heavy atom. The van der Waals surface area contributed by atoms with Crippen molar-refractivity contribution in [3.63, 3.8) is 0 Å². The highest BCUT2D eigenvalue weighted by Crippen LogP contribution is 2.33. The predicted octanol–water partition coefficient (Wildman–Crippen LogP) is 2.66.